The highest BCUT2D eigenvalue weighted by Gasteiger charge is 2.13. The summed E-state index contributed by atoms with van der Waals surface area (Å²) in [6.45, 7) is 2.08. The van der Waals surface area contributed by atoms with Gasteiger partial charge in [0.1, 0.15) is 16.5 Å². The molecule has 0 spiro atoms. The molecule has 0 N–H and O–H groups in total. The van der Waals surface area contributed by atoms with Gasteiger partial charge >= 0.3 is 0 Å². The summed E-state index contributed by atoms with van der Waals surface area (Å²) in [5.41, 5.74) is 1.57. The quantitative estimate of drug-likeness (QED) is 0.436. The summed E-state index contributed by atoms with van der Waals surface area (Å²) in [5.74, 6) is 1.57. The van der Waals surface area contributed by atoms with Gasteiger partial charge in [0, 0.05) is 22.8 Å². The van der Waals surface area contributed by atoms with Gasteiger partial charge in [-0.15, -0.1) is 10.2 Å². The summed E-state index contributed by atoms with van der Waals surface area (Å²) in [7, 11) is 0. The fourth-order valence-electron chi connectivity index (χ4n) is 2.81. The number of fused-ring (bicyclic) bond motifs is 1. The molecule has 0 aliphatic carbocycles. The first kappa shape index (κ1) is 17.6. The van der Waals surface area contributed by atoms with Gasteiger partial charge in [-0.3, -0.25) is 0 Å². The van der Waals surface area contributed by atoms with Crippen molar-refractivity contribution < 1.29 is 8.91 Å². The highest BCUT2D eigenvalue weighted by molar-refractivity contribution is 7.98. The van der Waals surface area contributed by atoms with Gasteiger partial charge in [-0.25, -0.2) is 4.39 Å². The van der Waals surface area contributed by atoms with Crippen LogP contribution in [0.15, 0.2) is 58.1 Å². The fraction of sp³-hybridized carbons (Fsp3) is 0.200. The summed E-state index contributed by atoms with van der Waals surface area (Å²) in [6, 6.07) is 14.2. The molecule has 0 aliphatic rings. The van der Waals surface area contributed by atoms with E-state index in [1.165, 1.54) is 23.9 Å². The van der Waals surface area contributed by atoms with E-state index in [1.54, 1.807) is 12.1 Å². The Morgan fingerprint density at radius 3 is 2.56 bits per heavy atom. The zero-order chi connectivity index (χ0) is 18.6. The van der Waals surface area contributed by atoms with E-state index in [1.807, 2.05) is 24.3 Å². The number of benzene rings is 2. The third kappa shape index (κ3) is 3.83. The van der Waals surface area contributed by atoms with Crippen LogP contribution < -0.4 is 0 Å². The summed E-state index contributed by atoms with van der Waals surface area (Å²) in [6.07, 6.45) is 1.79. The van der Waals surface area contributed by atoms with Crippen LogP contribution in [-0.2, 0) is 12.2 Å². The number of halogens is 1. The predicted octanol–water partition coefficient (Wildman–Crippen LogP) is 5.06. The summed E-state index contributed by atoms with van der Waals surface area (Å²) in [4.78, 5) is 4.39. The Morgan fingerprint density at radius 2 is 1.78 bits per heavy atom. The van der Waals surface area contributed by atoms with Crippen LogP contribution in [0.25, 0.3) is 22.0 Å². The van der Waals surface area contributed by atoms with E-state index in [2.05, 4.69) is 27.3 Å². The van der Waals surface area contributed by atoms with Crippen molar-refractivity contribution in [1.82, 2.24) is 20.3 Å². The molecule has 0 amide bonds. The molecule has 0 bridgehead atoms. The maximum absolute atomic E-state index is 13.2. The maximum atomic E-state index is 13.2. The zero-order valence-electron chi connectivity index (χ0n) is 14.7. The first-order valence-electron chi connectivity index (χ1n) is 8.70. The molecule has 0 saturated heterocycles. The predicted molar refractivity (Wildman–Crippen MR) is 103 cm³/mol. The Balaban J connectivity index is 1.64. The molecule has 0 radical (unpaired) electrons. The molecule has 0 unspecified atom stereocenters. The van der Waals surface area contributed by atoms with E-state index in [-0.39, 0.29) is 5.82 Å². The Hall–Kier alpha value is -2.80. The van der Waals surface area contributed by atoms with Crippen molar-refractivity contribution >= 4 is 22.5 Å². The first-order valence-corrected chi connectivity index (χ1v) is 9.69. The van der Waals surface area contributed by atoms with Crippen molar-refractivity contribution in [2.45, 2.75) is 30.5 Å². The van der Waals surface area contributed by atoms with Gasteiger partial charge in [-0.1, -0.05) is 48.1 Å². The third-order valence-corrected chi connectivity index (χ3v) is 5.05. The van der Waals surface area contributed by atoms with E-state index in [9.17, 15) is 4.39 Å². The Bertz CT molecular complexity index is 1070. The van der Waals surface area contributed by atoms with Gasteiger partial charge in [0.15, 0.2) is 5.82 Å². The summed E-state index contributed by atoms with van der Waals surface area (Å²) < 4.78 is 18.5. The molecule has 2 aromatic heterocycles. The van der Waals surface area contributed by atoms with Crippen molar-refractivity contribution in [3.63, 3.8) is 0 Å². The largest absolute Gasteiger partial charge is 0.338 e. The molecule has 4 aromatic rings. The summed E-state index contributed by atoms with van der Waals surface area (Å²) >= 11 is 1.51. The standard InChI is InChI=1S/C20H17FN4OS/c1-2-5-17-22-18(26-25-17)12-27-20-16-7-4-3-6-15(16)19(23-24-20)13-8-10-14(21)11-9-13/h3-4,6-11H,2,5,12H2,1H3. The molecular formula is C20H17FN4OS. The second-order valence-corrected chi connectivity index (χ2v) is 7.01. The van der Waals surface area contributed by atoms with E-state index in [4.69, 9.17) is 4.52 Å². The minimum absolute atomic E-state index is 0.273. The molecule has 7 heteroatoms. The fourth-order valence-corrected chi connectivity index (χ4v) is 3.62. The average Bonchev–Trinajstić information content (AvgIpc) is 3.15. The van der Waals surface area contributed by atoms with Crippen LogP contribution in [0.4, 0.5) is 4.39 Å². The Morgan fingerprint density at radius 1 is 1.00 bits per heavy atom. The van der Waals surface area contributed by atoms with Crippen LogP contribution in [0.3, 0.4) is 0 Å². The van der Waals surface area contributed by atoms with Crippen LogP contribution in [0.5, 0.6) is 0 Å². The minimum atomic E-state index is -0.273. The van der Waals surface area contributed by atoms with E-state index in [0.717, 1.165) is 45.7 Å². The first-order chi connectivity index (χ1) is 13.2. The lowest BCUT2D eigenvalue weighted by Crippen LogP contribution is -1.94. The highest BCUT2D eigenvalue weighted by Crippen LogP contribution is 2.32. The van der Waals surface area contributed by atoms with Crippen molar-refractivity contribution in [2.75, 3.05) is 0 Å². The molecule has 136 valence electrons. The molecule has 0 fully saturated rings. The van der Waals surface area contributed by atoms with Crippen LogP contribution >= 0.6 is 11.8 Å². The second-order valence-electron chi connectivity index (χ2n) is 6.05. The lowest BCUT2D eigenvalue weighted by Gasteiger charge is -2.08. The molecule has 4 rings (SSSR count). The van der Waals surface area contributed by atoms with Crippen molar-refractivity contribution in [3.05, 3.63) is 66.1 Å². The molecule has 2 heterocycles. The molecule has 0 saturated carbocycles. The van der Waals surface area contributed by atoms with Crippen LogP contribution in [0, 0.1) is 5.82 Å². The average molecular weight is 380 g/mol. The molecule has 27 heavy (non-hydrogen) atoms. The number of thioether (sulfide) groups is 1. The maximum Gasteiger partial charge on any atom is 0.237 e. The van der Waals surface area contributed by atoms with Crippen molar-refractivity contribution in [3.8, 4) is 11.3 Å². The van der Waals surface area contributed by atoms with Crippen molar-refractivity contribution in [2.24, 2.45) is 0 Å². The second kappa shape index (κ2) is 7.84. The number of hydrogen-bond acceptors (Lipinski definition) is 6. The van der Waals surface area contributed by atoms with Crippen LogP contribution in [-0.4, -0.2) is 20.3 Å². The van der Waals surface area contributed by atoms with Gasteiger partial charge in [-0.05, 0) is 30.7 Å². The van der Waals surface area contributed by atoms with Gasteiger partial charge in [0.2, 0.25) is 5.89 Å². The van der Waals surface area contributed by atoms with E-state index in [0.29, 0.717) is 11.6 Å². The van der Waals surface area contributed by atoms with Crippen LogP contribution in [0.1, 0.15) is 25.1 Å². The number of rotatable bonds is 6. The zero-order valence-corrected chi connectivity index (χ0v) is 15.5. The highest BCUT2D eigenvalue weighted by atomic mass is 32.2. The normalized spacial score (nSPS) is 11.2. The molecule has 0 atom stereocenters. The monoisotopic (exact) mass is 380 g/mol. The van der Waals surface area contributed by atoms with Gasteiger partial charge in [-0.2, -0.15) is 4.98 Å². The molecule has 2 aromatic carbocycles. The smallest absolute Gasteiger partial charge is 0.237 e. The topological polar surface area (TPSA) is 64.7 Å². The van der Waals surface area contributed by atoms with E-state index >= 15 is 0 Å². The van der Waals surface area contributed by atoms with Gasteiger partial charge in [0.05, 0.1) is 5.75 Å². The molecular weight excluding hydrogens is 363 g/mol. The summed E-state index contributed by atoms with van der Waals surface area (Å²) in [5, 5.41) is 15.5. The molecule has 0 aliphatic heterocycles. The Kier molecular flexibility index (Phi) is 5.11. The van der Waals surface area contributed by atoms with E-state index < -0.39 is 0 Å². The van der Waals surface area contributed by atoms with Crippen molar-refractivity contribution in [1.29, 1.82) is 0 Å². The lowest BCUT2D eigenvalue weighted by atomic mass is 10.1. The van der Waals surface area contributed by atoms with Crippen LogP contribution in [0.2, 0.25) is 0 Å². The lowest BCUT2D eigenvalue weighted by molar-refractivity contribution is 0.384. The number of aryl methyl sites for hydroxylation is 1. The third-order valence-electron chi connectivity index (χ3n) is 4.09. The number of hydrogen-bond donors (Lipinski definition) is 0. The number of nitrogens with zero attached hydrogens (tertiary/aromatic N) is 4. The SMILES string of the molecule is CCCc1noc(CSc2nnc(-c3ccc(F)cc3)c3ccccc23)n1. The minimum Gasteiger partial charge on any atom is -0.338 e. The van der Waals surface area contributed by atoms with Gasteiger partial charge < -0.3 is 4.52 Å². The number of aromatic nitrogens is 4. The molecule has 5 nitrogen and oxygen atoms in total. The Labute approximate surface area is 160 Å². The van der Waals surface area contributed by atoms with Gasteiger partial charge in [0.25, 0.3) is 0 Å².